The van der Waals surface area contributed by atoms with Crippen LogP contribution < -0.4 is 4.74 Å². The van der Waals surface area contributed by atoms with Crippen molar-refractivity contribution in [3.05, 3.63) is 33.1 Å². The molecule has 0 amide bonds. The maximum absolute atomic E-state index is 10.2. The van der Waals surface area contributed by atoms with E-state index in [1.165, 1.54) is 6.08 Å². The molecule has 6 heteroatoms. The lowest BCUT2D eigenvalue weighted by Gasteiger charge is -2.04. The quantitative estimate of drug-likeness (QED) is 0.520. The molecule has 0 aliphatic heterocycles. The zero-order valence-electron chi connectivity index (χ0n) is 7.48. The van der Waals surface area contributed by atoms with E-state index in [1.807, 2.05) is 0 Å². The van der Waals surface area contributed by atoms with Crippen LogP contribution in [0.5, 0.6) is 5.75 Å². The third-order valence-corrected chi connectivity index (χ3v) is 2.40. The fraction of sp³-hybridized carbons (Fsp3) is 0.111. The summed E-state index contributed by atoms with van der Waals surface area (Å²) in [5.41, 5.74) is 0. The van der Waals surface area contributed by atoms with Crippen molar-refractivity contribution >= 4 is 40.2 Å². The fourth-order valence-electron chi connectivity index (χ4n) is 0.794. The van der Waals surface area contributed by atoms with E-state index in [0.29, 0.717) is 10.9 Å². The van der Waals surface area contributed by atoms with Crippen molar-refractivity contribution in [3.8, 4) is 5.75 Å². The van der Waals surface area contributed by atoms with Crippen molar-refractivity contribution in [2.75, 3.05) is 6.61 Å². The molecule has 0 radical (unpaired) electrons. The number of carboxylic acid groups (broad SMARTS) is 1. The number of ether oxygens (including phenoxy) is 1. The van der Waals surface area contributed by atoms with E-state index < -0.39 is 5.97 Å². The molecule has 0 unspecified atom stereocenters. The second-order valence-corrected chi connectivity index (χ2v) is 4.04. The number of aromatic nitrogens is 1. The molecular formula is C9H7ClINO3. The summed E-state index contributed by atoms with van der Waals surface area (Å²) < 4.78 is 6.11. The van der Waals surface area contributed by atoms with Crippen LogP contribution in [-0.2, 0) is 4.79 Å². The number of rotatable bonds is 4. The first-order valence-corrected chi connectivity index (χ1v) is 5.38. The Morgan fingerprint density at radius 2 is 2.47 bits per heavy atom. The first-order valence-electron chi connectivity index (χ1n) is 3.93. The molecule has 80 valence electrons. The Bertz CT molecular complexity index is 395. The molecule has 0 saturated carbocycles. The molecule has 0 fully saturated rings. The van der Waals surface area contributed by atoms with Crippen LogP contribution in [0.3, 0.4) is 0 Å². The van der Waals surface area contributed by atoms with Gasteiger partial charge in [-0.3, -0.25) is 0 Å². The summed E-state index contributed by atoms with van der Waals surface area (Å²) in [4.78, 5) is 14.0. The molecular weight excluding hydrogens is 332 g/mol. The van der Waals surface area contributed by atoms with Gasteiger partial charge in [-0.05, 0) is 28.7 Å². The monoisotopic (exact) mass is 339 g/mol. The summed E-state index contributed by atoms with van der Waals surface area (Å²) in [7, 11) is 0. The van der Waals surface area contributed by atoms with Crippen LogP contribution in [0.4, 0.5) is 0 Å². The normalized spacial score (nSPS) is 10.5. The number of halogens is 2. The van der Waals surface area contributed by atoms with Crippen molar-refractivity contribution in [1.29, 1.82) is 0 Å². The minimum Gasteiger partial charge on any atom is -0.488 e. The van der Waals surface area contributed by atoms with Crippen molar-refractivity contribution < 1.29 is 14.6 Å². The third-order valence-electron chi connectivity index (χ3n) is 1.38. The summed E-state index contributed by atoms with van der Waals surface area (Å²) in [5, 5.41) is 8.67. The number of carbonyl (C=O) groups is 1. The van der Waals surface area contributed by atoms with Crippen LogP contribution in [-0.4, -0.2) is 22.7 Å². The maximum Gasteiger partial charge on any atom is 0.328 e. The van der Waals surface area contributed by atoms with Crippen molar-refractivity contribution in [3.63, 3.8) is 0 Å². The Kier molecular flexibility index (Phi) is 4.83. The molecule has 15 heavy (non-hydrogen) atoms. The molecule has 0 aliphatic rings. The number of aliphatic carboxylic acids is 1. The summed E-state index contributed by atoms with van der Waals surface area (Å²) >= 11 is 7.73. The number of hydrogen-bond acceptors (Lipinski definition) is 3. The average molecular weight is 340 g/mol. The maximum atomic E-state index is 10.2. The molecule has 0 spiro atoms. The summed E-state index contributed by atoms with van der Waals surface area (Å²) in [5.74, 6) is -0.410. The number of carboxylic acids is 1. The van der Waals surface area contributed by atoms with Crippen LogP contribution in [0.15, 0.2) is 24.4 Å². The summed E-state index contributed by atoms with van der Waals surface area (Å²) in [6.45, 7) is 0.183. The molecule has 0 aromatic carbocycles. The molecule has 1 N–H and O–H groups in total. The topological polar surface area (TPSA) is 59.4 Å². The fourth-order valence-corrected chi connectivity index (χ4v) is 1.39. The van der Waals surface area contributed by atoms with E-state index in [0.717, 1.165) is 9.65 Å². The van der Waals surface area contributed by atoms with E-state index in [-0.39, 0.29) is 6.61 Å². The molecule has 0 bridgehead atoms. The molecule has 0 saturated heterocycles. The van der Waals surface area contributed by atoms with Crippen molar-refractivity contribution in [2.24, 2.45) is 0 Å². The number of hydrogen-bond donors (Lipinski definition) is 1. The van der Waals surface area contributed by atoms with Gasteiger partial charge in [0.2, 0.25) is 0 Å². The SMILES string of the molecule is O=C(O)C=CCOc1cc(Cl)ncc1I. The molecule has 0 aliphatic carbocycles. The molecule has 1 aromatic rings. The van der Waals surface area contributed by atoms with E-state index in [1.54, 1.807) is 12.3 Å². The van der Waals surface area contributed by atoms with Gasteiger partial charge >= 0.3 is 5.97 Å². The highest BCUT2D eigenvalue weighted by atomic mass is 127. The minimum absolute atomic E-state index is 0.183. The predicted molar refractivity (Wildman–Crippen MR) is 64.2 cm³/mol. The van der Waals surface area contributed by atoms with Gasteiger partial charge in [-0.15, -0.1) is 0 Å². The van der Waals surface area contributed by atoms with Gasteiger partial charge in [-0.1, -0.05) is 11.6 Å². The first-order chi connectivity index (χ1) is 7.09. The zero-order chi connectivity index (χ0) is 11.3. The molecule has 4 nitrogen and oxygen atoms in total. The Morgan fingerprint density at radius 1 is 1.73 bits per heavy atom. The highest BCUT2D eigenvalue weighted by Crippen LogP contribution is 2.22. The Morgan fingerprint density at radius 3 is 3.13 bits per heavy atom. The lowest BCUT2D eigenvalue weighted by Crippen LogP contribution is -1.97. The van der Waals surface area contributed by atoms with Crippen molar-refractivity contribution in [2.45, 2.75) is 0 Å². The lowest BCUT2D eigenvalue weighted by atomic mass is 10.4. The highest BCUT2D eigenvalue weighted by molar-refractivity contribution is 14.1. The van der Waals surface area contributed by atoms with Gasteiger partial charge in [-0.2, -0.15) is 0 Å². The number of pyridine rings is 1. The van der Waals surface area contributed by atoms with Crippen LogP contribution in [0.2, 0.25) is 5.15 Å². The van der Waals surface area contributed by atoms with E-state index >= 15 is 0 Å². The summed E-state index contributed by atoms with van der Waals surface area (Å²) in [6.07, 6.45) is 4.02. The molecule has 1 rings (SSSR count). The van der Waals surface area contributed by atoms with Crippen LogP contribution >= 0.6 is 34.2 Å². The van der Waals surface area contributed by atoms with Gasteiger partial charge in [0, 0.05) is 18.3 Å². The van der Waals surface area contributed by atoms with Gasteiger partial charge in [0.1, 0.15) is 17.5 Å². The smallest absolute Gasteiger partial charge is 0.328 e. The van der Waals surface area contributed by atoms with Gasteiger partial charge in [0.15, 0.2) is 0 Å². The van der Waals surface area contributed by atoms with E-state index in [2.05, 4.69) is 27.6 Å². The zero-order valence-corrected chi connectivity index (χ0v) is 10.4. The first kappa shape index (κ1) is 12.3. The number of nitrogens with zero attached hydrogens (tertiary/aromatic N) is 1. The second kappa shape index (κ2) is 5.92. The molecule has 0 atom stereocenters. The Labute approximate surface area is 105 Å². The highest BCUT2D eigenvalue weighted by Gasteiger charge is 2.01. The van der Waals surface area contributed by atoms with Gasteiger partial charge in [0.05, 0.1) is 3.57 Å². The average Bonchev–Trinajstić information content (AvgIpc) is 2.17. The third kappa shape index (κ3) is 4.48. The van der Waals surface area contributed by atoms with E-state index in [4.69, 9.17) is 21.4 Å². The van der Waals surface area contributed by atoms with Crippen LogP contribution in [0.1, 0.15) is 0 Å². The standard InChI is InChI=1S/C9H7ClINO3/c10-8-4-7(6(11)5-12-8)15-3-1-2-9(13)14/h1-2,4-5H,3H2,(H,13,14). The Hall–Kier alpha value is -0.820. The van der Waals surface area contributed by atoms with Gasteiger partial charge in [0.25, 0.3) is 0 Å². The summed E-state index contributed by atoms with van der Waals surface area (Å²) in [6, 6.07) is 1.58. The van der Waals surface area contributed by atoms with Gasteiger partial charge < -0.3 is 9.84 Å². The van der Waals surface area contributed by atoms with Crippen LogP contribution in [0.25, 0.3) is 0 Å². The predicted octanol–water partition coefficient (Wildman–Crippen LogP) is 2.36. The largest absolute Gasteiger partial charge is 0.488 e. The second-order valence-electron chi connectivity index (χ2n) is 2.49. The van der Waals surface area contributed by atoms with Crippen molar-refractivity contribution in [1.82, 2.24) is 4.98 Å². The minimum atomic E-state index is -0.999. The molecule has 1 aromatic heterocycles. The molecule has 1 heterocycles. The lowest BCUT2D eigenvalue weighted by molar-refractivity contribution is -0.131. The Balaban J connectivity index is 2.57. The van der Waals surface area contributed by atoms with E-state index in [9.17, 15) is 4.79 Å². The van der Waals surface area contributed by atoms with Gasteiger partial charge in [-0.25, -0.2) is 9.78 Å². The van der Waals surface area contributed by atoms with Crippen LogP contribution in [0, 0.1) is 3.57 Å².